The van der Waals surface area contributed by atoms with Gasteiger partial charge in [0, 0.05) is 55.9 Å². The van der Waals surface area contributed by atoms with E-state index in [0.29, 0.717) is 49.5 Å². The zero-order valence-corrected chi connectivity index (χ0v) is 21.9. The van der Waals surface area contributed by atoms with E-state index in [1.54, 1.807) is 24.3 Å². The fourth-order valence-electron chi connectivity index (χ4n) is 4.80. The number of carboxylic acid groups (broad SMARTS) is 1. The van der Waals surface area contributed by atoms with Crippen LogP contribution >= 0.6 is 12.4 Å². The number of carboxylic acids is 1. The molecule has 1 aliphatic heterocycles. The first-order valence-corrected chi connectivity index (χ1v) is 12.5. The number of carbonyl (C=O) groups excluding carboxylic acids is 1. The number of amides is 1. The lowest BCUT2D eigenvalue weighted by molar-refractivity contribution is 0.0696. The Morgan fingerprint density at radius 3 is 2.49 bits per heavy atom. The molecule has 2 aromatic carbocycles. The topological polar surface area (TPSA) is 127 Å². The van der Waals surface area contributed by atoms with Gasteiger partial charge in [0.25, 0.3) is 5.91 Å². The number of fused-ring (bicyclic) bond motifs is 1. The average Bonchev–Trinajstić information content (AvgIpc) is 3.75. The van der Waals surface area contributed by atoms with E-state index < -0.39 is 23.1 Å². The van der Waals surface area contributed by atoms with Gasteiger partial charge in [-0.3, -0.25) is 14.5 Å². The number of halogens is 2. The molecule has 1 aromatic heterocycles. The number of piperazine rings is 1. The number of aliphatic hydroxyl groups is 1. The third-order valence-corrected chi connectivity index (χ3v) is 6.98. The number of nitrogens with one attached hydrogen (secondary N) is 1. The molecule has 0 bridgehead atoms. The molecule has 5 rings (SSSR count). The van der Waals surface area contributed by atoms with Crippen molar-refractivity contribution in [1.82, 2.24) is 14.9 Å². The van der Waals surface area contributed by atoms with E-state index in [2.05, 4.69) is 15.4 Å². The molecule has 2 aliphatic rings. The molecular formula is C27H29ClFN5O5. The fourth-order valence-corrected chi connectivity index (χ4v) is 4.80. The molecule has 206 valence electrons. The van der Waals surface area contributed by atoms with Gasteiger partial charge < -0.3 is 19.7 Å². The van der Waals surface area contributed by atoms with Gasteiger partial charge in [0.05, 0.1) is 29.6 Å². The molecule has 10 nitrogen and oxygen atoms in total. The molecule has 12 heteroatoms. The predicted molar refractivity (Wildman–Crippen MR) is 148 cm³/mol. The van der Waals surface area contributed by atoms with Crippen LogP contribution in [0.15, 0.2) is 52.5 Å². The van der Waals surface area contributed by atoms with Gasteiger partial charge in [-0.25, -0.2) is 14.6 Å². The van der Waals surface area contributed by atoms with Crippen LogP contribution in [0.5, 0.6) is 0 Å². The van der Waals surface area contributed by atoms with Gasteiger partial charge in [-0.1, -0.05) is 18.2 Å². The van der Waals surface area contributed by atoms with Crippen LogP contribution in [-0.2, 0) is 0 Å². The molecule has 2 fully saturated rings. The molecule has 1 aliphatic carbocycles. The quantitative estimate of drug-likeness (QED) is 0.287. The number of benzene rings is 2. The maximum atomic E-state index is 15.3. The van der Waals surface area contributed by atoms with Gasteiger partial charge in [-0.2, -0.15) is 5.10 Å². The van der Waals surface area contributed by atoms with Crippen LogP contribution in [0.1, 0.15) is 45.2 Å². The Morgan fingerprint density at radius 1 is 1.10 bits per heavy atom. The highest BCUT2D eigenvalue weighted by Crippen LogP contribution is 2.38. The molecule has 1 saturated heterocycles. The first kappa shape index (κ1) is 28.2. The van der Waals surface area contributed by atoms with Crippen molar-refractivity contribution in [3.05, 3.63) is 75.3 Å². The smallest absolute Gasteiger partial charge is 0.336 e. The van der Waals surface area contributed by atoms with Crippen LogP contribution in [0, 0.1) is 5.82 Å². The Bertz CT molecular complexity index is 1480. The van der Waals surface area contributed by atoms with Crippen LogP contribution < -0.4 is 15.8 Å². The van der Waals surface area contributed by atoms with Gasteiger partial charge in [-0.05, 0) is 31.0 Å². The Kier molecular flexibility index (Phi) is 8.63. The average molecular weight is 558 g/mol. The van der Waals surface area contributed by atoms with Gasteiger partial charge in [-0.15, -0.1) is 12.4 Å². The van der Waals surface area contributed by atoms with Crippen LogP contribution in [-0.4, -0.2) is 77.1 Å². The lowest BCUT2D eigenvalue weighted by Gasteiger charge is -2.36. The van der Waals surface area contributed by atoms with Gasteiger partial charge >= 0.3 is 5.97 Å². The molecule has 3 aromatic rings. The first-order chi connectivity index (χ1) is 18.4. The molecular weight excluding hydrogens is 529 g/mol. The van der Waals surface area contributed by atoms with Crippen molar-refractivity contribution in [2.75, 3.05) is 44.2 Å². The van der Waals surface area contributed by atoms with Crippen molar-refractivity contribution in [3.63, 3.8) is 0 Å². The summed E-state index contributed by atoms with van der Waals surface area (Å²) in [7, 11) is 0. The molecule has 0 atom stereocenters. The molecule has 0 radical (unpaired) electrons. The number of aliphatic hydroxyl groups excluding tert-OH is 1. The summed E-state index contributed by atoms with van der Waals surface area (Å²) >= 11 is 0. The third kappa shape index (κ3) is 5.95. The van der Waals surface area contributed by atoms with Crippen LogP contribution in [0.25, 0.3) is 10.9 Å². The number of rotatable bonds is 8. The second-order valence-corrected chi connectivity index (χ2v) is 9.47. The summed E-state index contributed by atoms with van der Waals surface area (Å²) in [5.41, 5.74) is 2.82. The summed E-state index contributed by atoms with van der Waals surface area (Å²) < 4.78 is 17.1. The summed E-state index contributed by atoms with van der Waals surface area (Å²) in [5.74, 6) is -2.43. The van der Waals surface area contributed by atoms with E-state index in [9.17, 15) is 19.5 Å². The monoisotopic (exact) mass is 557 g/mol. The van der Waals surface area contributed by atoms with Gasteiger partial charge in [0.15, 0.2) is 0 Å². The summed E-state index contributed by atoms with van der Waals surface area (Å²) in [4.78, 5) is 41.6. The Balaban J connectivity index is 0.00000353. The highest BCUT2D eigenvalue weighted by Gasteiger charge is 2.28. The Labute approximate surface area is 229 Å². The van der Waals surface area contributed by atoms with E-state index in [4.69, 9.17) is 5.11 Å². The number of β-amino-alcohol motifs (C(OH)–C–C–N with tert-alkyl or cyclic N) is 1. The van der Waals surface area contributed by atoms with Crippen molar-refractivity contribution in [3.8, 4) is 0 Å². The van der Waals surface area contributed by atoms with Crippen molar-refractivity contribution in [2.45, 2.75) is 18.9 Å². The number of pyridine rings is 1. The number of aromatic carboxylic acids is 1. The third-order valence-electron chi connectivity index (χ3n) is 6.98. The van der Waals surface area contributed by atoms with Crippen molar-refractivity contribution < 1.29 is 24.2 Å². The second kappa shape index (κ2) is 11.9. The maximum absolute atomic E-state index is 15.3. The lowest BCUT2D eigenvalue weighted by Crippen LogP contribution is -2.47. The van der Waals surface area contributed by atoms with Crippen LogP contribution in [0.3, 0.4) is 0 Å². The number of aromatic nitrogens is 1. The molecule has 1 saturated carbocycles. The Morgan fingerprint density at radius 2 is 1.82 bits per heavy atom. The van der Waals surface area contributed by atoms with Crippen molar-refractivity contribution >= 4 is 47.1 Å². The zero-order chi connectivity index (χ0) is 26.8. The normalized spacial score (nSPS) is 15.9. The summed E-state index contributed by atoms with van der Waals surface area (Å²) in [6.45, 7) is 3.25. The van der Waals surface area contributed by atoms with E-state index in [1.165, 1.54) is 24.5 Å². The van der Waals surface area contributed by atoms with Crippen molar-refractivity contribution in [1.29, 1.82) is 0 Å². The number of hydrogen-bond acceptors (Lipinski definition) is 7. The summed E-state index contributed by atoms with van der Waals surface area (Å²) in [5, 5.41) is 22.4. The fraction of sp³-hybridized carbons (Fsp3) is 0.333. The maximum Gasteiger partial charge on any atom is 0.336 e. The number of anilines is 1. The van der Waals surface area contributed by atoms with E-state index in [-0.39, 0.29) is 41.6 Å². The SMILES string of the molecule is Cl.O=C(O)c1ccccc1/C=N\NC(=O)c1cn(C2CC2)c2cc(N3CCN(CCO)CC3)c(F)cc2c1=O. The predicted octanol–water partition coefficient (Wildman–Crippen LogP) is 2.47. The van der Waals surface area contributed by atoms with E-state index in [0.717, 1.165) is 12.8 Å². The zero-order valence-electron chi connectivity index (χ0n) is 21.0. The largest absolute Gasteiger partial charge is 0.478 e. The summed E-state index contributed by atoms with van der Waals surface area (Å²) in [6.07, 6.45) is 4.47. The van der Waals surface area contributed by atoms with Gasteiger partial charge in [0.1, 0.15) is 11.4 Å². The molecule has 2 heterocycles. The highest BCUT2D eigenvalue weighted by molar-refractivity contribution is 6.00. The minimum absolute atomic E-state index is 0. The molecule has 0 spiro atoms. The first-order valence-electron chi connectivity index (χ1n) is 12.5. The minimum atomic E-state index is -1.13. The van der Waals surface area contributed by atoms with E-state index in [1.807, 2.05) is 9.47 Å². The number of hydrogen-bond donors (Lipinski definition) is 3. The minimum Gasteiger partial charge on any atom is -0.478 e. The van der Waals surface area contributed by atoms with Crippen LogP contribution in [0.2, 0.25) is 0 Å². The van der Waals surface area contributed by atoms with E-state index >= 15 is 4.39 Å². The van der Waals surface area contributed by atoms with Gasteiger partial charge in [0.2, 0.25) is 5.43 Å². The van der Waals surface area contributed by atoms with Crippen molar-refractivity contribution in [2.24, 2.45) is 5.10 Å². The number of hydrazone groups is 1. The molecule has 3 N–H and O–H groups in total. The molecule has 0 unspecified atom stereocenters. The Hall–Kier alpha value is -3.80. The standard InChI is InChI=1S/C27H28FN5O5.ClH/c28-22-13-20-23(14-24(22)32-9-7-31(8-10-32)11-12-34)33(18-5-6-18)16-21(25(20)35)26(36)30-29-15-17-3-1-2-4-19(17)27(37)38;/h1-4,13-16,18,34H,5-12H2,(H,30,36)(H,37,38);1H/b29-15-;. The second-order valence-electron chi connectivity index (χ2n) is 9.47. The summed E-state index contributed by atoms with van der Waals surface area (Å²) in [6, 6.07) is 9.18. The number of nitrogens with zero attached hydrogens (tertiary/aromatic N) is 4. The highest BCUT2D eigenvalue weighted by atomic mass is 35.5. The molecule has 39 heavy (non-hydrogen) atoms. The molecule has 1 amide bonds. The number of carbonyl (C=O) groups is 2. The van der Waals surface area contributed by atoms with Crippen LogP contribution in [0.4, 0.5) is 10.1 Å². The lowest BCUT2D eigenvalue weighted by atomic mass is 10.1.